The average molecular weight is 294 g/mol. The summed E-state index contributed by atoms with van der Waals surface area (Å²) in [7, 11) is 0. The van der Waals surface area contributed by atoms with Crippen molar-refractivity contribution in [3.05, 3.63) is 23.0 Å². The minimum atomic E-state index is 0.352. The molecule has 1 saturated carbocycles. The van der Waals surface area contributed by atoms with Crippen LogP contribution in [0.1, 0.15) is 38.2 Å². The van der Waals surface area contributed by atoms with Crippen molar-refractivity contribution in [2.24, 2.45) is 5.73 Å². The molecule has 0 aromatic carbocycles. The van der Waals surface area contributed by atoms with E-state index in [2.05, 4.69) is 22.3 Å². The smallest absolute Gasteiger partial charge is 0.162 e. The van der Waals surface area contributed by atoms with Crippen molar-refractivity contribution in [2.75, 3.05) is 5.32 Å². The molecule has 0 amide bonds. The monoisotopic (exact) mass is 293 g/mol. The first-order valence-corrected chi connectivity index (χ1v) is 7.60. The van der Waals surface area contributed by atoms with Crippen LogP contribution in [0.2, 0.25) is 5.15 Å². The number of aryl methyl sites for hydroxylation is 1. The summed E-state index contributed by atoms with van der Waals surface area (Å²) in [5.41, 5.74) is 7.90. The number of hydrogen-bond donors (Lipinski definition) is 2. The summed E-state index contributed by atoms with van der Waals surface area (Å²) in [6.45, 7) is 2.09. The highest BCUT2D eigenvalue weighted by Crippen LogP contribution is 2.24. The Morgan fingerprint density at radius 2 is 2.15 bits per heavy atom. The minimum Gasteiger partial charge on any atom is -0.367 e. The fraction of sp³-hybridized carbons (Fsp3) is 0.571. The summed E-state index contributed by atoms with van der Waals surface area (Å²) in [4.78, 5) is 4.38. The van der Waals surface area contributed by atoms with Crippen molar-refractivity contribution < 1.29 is 0 Å². The Morgan fingerprint density at radius 1 is 1.40 bits per heavy atom. The Bertz CT molecular complexity index is 601. The highest BCUT2D eigenvalue weighted by molar-refractivity contribution is 6.29. The molecule has 0 aliphatic heterocycles. The van der Waals surface area contributed by atoms with E-state index in [1.54, 1.807) is 0 Å². The molecule has 2 aromatic rings. The number of hydrogen-bond acceptors (Lipinski definition) is 4. The average Bonchev–Trinajstić information content (AvgIpc) is 2.84. The molecular weight excluding hydrogens is 274 g/mol. The molecule has 1 aliphatic rings. The summed E-state index contributed by atoms with van der Waals surface area (Å²) in [6, 6.07) is 2.63. The molecule has 3 N–H and O–H groups in total. The van der Waals surface area contributed by atoms with E-state index in [1.807, 2.05) is 16.8 Å². The van der Waals surface area contributed by atoms with Gasteiger partial charge in [0.1, 0.15) is 11.0 Å². The maximum Gasteiger partial charge on any atom is 0.162 e. The van der Waals surface area contributed by atoms with E-state index in [-0.39, 0.29) is 0 Å². The molecule has 108 valence electrons. The van der Waals surface area contributed by atoms with Crippen LogP contribution < -0.4 is 11.1 Å². The summed E-state index contributed by atoms with van der Waals surface area (Å²) in [6.07, 6.45) is 7.07. The molecule has 1 fully saturated rings. The summed E-state index contributed by atoms with van der Waals surface area (Å²) >= 11 is 6.14. The van der Waals surface area contributed by atoms with Crippen molar-refractivity contribution >= 4 is 23.1 Å². The second kappa shape index (κ2) is 5.58. The van der Waals surface area contributed by atoms with Gasteiger partial charge in [-0.2, -0.15) is 9.61 Å². The normalized spacial score (nSPS) is 23.1. The molecule has 0 bridgehead atoms. The van der Waals surface area contributed by atoms with Gasteiger partial charge in [0.05, 0.1) is 6.20 Å². The zero-order valence-corrected chi connectivity index (χ0v) is 12.4. The van der Waals surface area contributed by atoms with Crippen LogP contribution in [0.5, 0.6) is 0 Å². The fourth-order valence-electron chi connectivity index (χ4n) is 2.80. The molecule has 20 heavy (non-hydrogen) atoms. The standard InChI is InChI=1S/C14H20ClN5/c1-2-9-8-17-20-13(7-12(15)19-14(9)20)18-11-5-3-10(16)4-6-11/h7-8,10-11,18H,2-6,16H2,1H3/t10-,11-. The van der Waals surface area contributed by atoms with Crippen molar-refractivity contribution in [2.45, 2.75) is 51.1 Å². The Labute approximate surface area is 123 Å². The first-order chi connectivity index (χ1) is 9.67. The largest absolute Gasteiger partial charge is 0.367 e. The van der Waals surface area contributed by atoms with E-state index in [9.17, 15) is 0 Å². The van der Waals surface area contributed by atoms with Gasteiger partial charge in [-0.3, -0.25) is 0 Å². The van der Waals surface area contributed by atoms with Gasteiger partial charge in [-0.1, -0.05) is 18.5 Å². The summed E-state index contributed by atoms with van der Waals surface area (Å²) in [5.74, 6) is 0.917. The SMILES string of the molecule is CCc1cnn2c(N[C@H]3CC[C@H](N)CC3)cc(Cl)nc12. The predicted octanol–water partition coefficient (Wildman–Crippen LogP) is 2.63. The zero-order chi connectivity index (χ0) is 14.1. The molecule has 0 atom stereocenters. The van der Waals surface area contributed by atoms with Crippen molar-refractivity contribution in [3.8, 4) is 0 Å². The number of aromatic nitrogens is 3. The van der Waals surface area contributed by atoms with Gasteiger partial charge in [0.25, 0.3) is 0 Å². The van der Waals surface area contributed by atoms with Crippen LogP contribution in [0.4, 0.5) is 5.82 Å². The predicted molar refractivity (Wildman–Crippen MR) is 81.2 cm³/mol. The molecule has 6 heteroatoms. The Morgan fingerprint density at radius 3 is 2.85 bits per heavy atom. The highest BCUT2D eigenvalue weighted by Gasteiger charge is 2.20. The zero-order valence-electron chi connectivity index (χ0n) is 11.6. The molecule has 0 spiro atoms. The molecule has 2 heterocycles. The van der Waals surface area contributed by atoms with Crippen LogP contribution >= 0.6 is 11.6 Å². The van der Waals surface area contributed by atoms with Crippen LogP contribution in [-0.2, 0) is 6.42 Å². The number of halogens is 1. The van der Waals surface area contributed by atoms with E-state index in [1.165, 1.54) is 0 Å². The molecule has 0 radical (unpaired) electrons. The third kappa shape index (κ3) is 2.60. The van der Waals surface area contributed by atoms with Crippen molar-refractivity contribution in [1.82, 2.24) is 14.6 Å². The van der Waals surface area contributed by atoms with Crippen LogP contribution in [0.15, 0.2) is 12.3 Å². The Kier molecular flexibility index (Phi) is 3.81. The molecule has 0 unspecified atom stereocenters. The Hall–Kier alpha value is -1.33. The lowest BCUT2D eigenvalue weighted by Gasteiger charge is -2.27. The van der Waals surface area contributed by atoms with Crippen LogP contribution in [-0.4, -0.2) is 26.7 Å². The summed E-state index contributed by atoms with van der Waals surface area (Å²) < 4.78 is 1.85. The lowest BCUT2D eigenvalue weighted by Crippen LogP contribution is -2.33. The van der Waals surface area contributed by atoms with E-state index >= 15 is 0 Å². The van der Waals surface area contributed by atoms with Crippen molar-refractivity contribution in [1.29, 1.82) is 0 Å². The van der Waals surface area contributed by atoms with Crippen molar-refractivity contribution in [3.63, 3.8) is 0 Å². The number of anilines is 1. The highest BCUT2D eigenvalue weighted by atomic mass is 35.5. The number of nitrogens with zero attached hydrogens (tertiary/aromatic N) is 3. The minimum absolute atomic E-state index is 0.352. The lowest BCUT2D eigenvalue weighted by molar-refractivity contribution is 0.410. The van der Waals surface area contributed by atoms with Gasteiger partial charge in [-0.05, 0) is 32.1 Å². The number of fused-ring (bicyclic) bond motifs is 1. The number of nitrogens with one attached hydrogen (secondary N) is 1. The van der Waals surface area contributed by atoms with Gasteiger partial charge >= 0.3 is 0 Å². The van der Waals surface area contributed by atoms with Gasteiger partial charge in [0, 0.05) is 23.7 Å². The van der Waals surface area contributed by atoms with Crippen LogP contribution in [0, 0.1) is 0 Å². The first kappa shape index (κ1) is 13.6. The van der Waals surface area contributed by atoms with E-state index < -0.39 is 0 Å². The molecule has 2 aromatic heterocycles. The quantitative estimate of drug-likeness (QED) is 0.854. The molecule has 0 saturated heterocycles. The molecule has 1 aliphatic carbocycles. The van der Waals surface area contributed by atoms with Crippen LogP contribution in [0.25, 0.3) is 5.65 Å². The third-order valence-electron chi connectivity index (χ3n) is 4.02. The number of rotatable bonds is 3. The maximum absolute atomic E-state index is 6.14. The topological polar surface area (TPSA) is 68.2 Å². The van der Waals surface area contributed by atoms with Gasteiger partial charge in [-0.15, -0.1) is 0 Å². The lowest BCUT2D eigenvalue weighted by atomic mass is 9.92. The van der Waals surface area contributed by atoms with Gasteiger partial charge < -0.3 is 11.1 Å². The second-order valence-corrected chi connectivity index (χ2v) is 5.87. The van der Waals surface area contributed by atoms with Gasteiger partial charge in [0.15, 0.2) is 5.65 Å². The third-order valence-corrected chi connectivity index (χ3v) is 4.21. The second-order valence-electron chi connectivity index (χ2n) is 5.48. The van der Waals surface area contributed by atoms with Crippen LogP contribution in [0.3, 0.4) is 0 Å². The van der Waals surface area contributed by atoms with E-state index in [0.29, 0.717) is 17.2 Å². The van der Waals surface area contributed by atoms with E-state index in [4.69, 9.17) is 17.3 Å². The molecule has 3 rings (SSSR count). The first-order valence-electron chi connectivity index (χ1n) is 7.22. The Balaban J connectivity index is 1.89. The molecule has 5 nitrogen and oxygen atoms in total. The van der Waals surface area contributed by atoms with Gasteiger partial charge in [-0.25, -0.2) is 4.98 Å². The van der Waals surface area contributed by atoms with E-state index in [0.717, 1.165) is 49.1 Å². The number of nitrogens with two attached hydrogens (primary N) is 1. The van der Waals surface area contributed by atoms with Gasteiger partial charge in [0.2, 0.25) is 0 Å². The maximum atomic E-state index is 6.14. The summed E-state index contributed by atoms with van der Waals surface area (Å²) in [5, 5.41) is 8.46. The molecular formula is C14H20ClN5. The fourth-order valence-corrected chi connectivity index (χ4v) is 2.99.